The average molecular weight is 282 g/mol. The van der Waals surface area contributed by atoms with Gasteiger partial charge in [0.1, 0.15) is 11.6 Å². The lowest BCUT2D eigenvalue weighted by Crippen LogP contribution is -2.08. The molecule has 0 atom stereocenters. The third-order valence-electron chi connectivity index (χ3n) is 3.24. The van der Waals surface area contributed by atoms with Gasteiger partial charge in [-0.05, 0) is 36.2 Å². The van der Waals surface area contributed by atoms with Gasteiger partial charge in [-0.1, -0.05) is 24.3 Å². The maximum atomic E-state index is 12.8. The smallest absolute Gasteiger partial charge is 0.222 e. The third-order valence-corrected chi connectivity index (χ3v) is 3.24. The van der Waals surface area contributed by atoms with Gasteiger partial charge in [0, 0.05) is 11.9 Å². The van der Waals surface area contributed by atoms with E-state index >= 15 is 0 Å². The van der Waals surface area contributed by atoms with Crippen LogP contribution >= 0.6 is 0 Å². The third kappa shape index (κ3) is 3.08. The Bertz CT molecular complexity index is 756. The summed E-state index contributed by atoms with van der Waals surface area (Å²) in [4.78, 5) is 8.44. The lowest BCUT2D eigenvalue weighted by Gasteiger charge is -2.09. The van der Waals surface area contributed by atoms with Crippen molar-refractivity contribution in [3.63, 3.8) is 0 Å². The van der Waals surface area contributed by atoms with E-state index in [2.05, 4.69) is 15.3 Å². The monoisotopic (exact) mass is 282 g/mol. The second-order valence-corrected chi connectivity index (χ2v) is 4.75. The Labute approximate surface area is 121 Å². The molecule has 1 aromatic heterocycles. The van der Waals surface area contributed by atoms with Crippen molar-refractivity contribution in [2.75, 3.05) is 17.6 Å². The molecular weight excluding hydrogens is 267 g/mol. The largest absolute Gasteiger partial charge is 0.369 e. The minimum absolute atomic E-state index is 0.221. The van der Waals surface area contributed by atoms with Gasteiger partial charge in [0.25, 0.3) is 0 Å². The maximum Gasteiger partial charge on any atom is 0.222 e. The number of nitrogens with zero attached hydrogens (tertiary/aromatic N) is 2. The lowest BCUT2D eigenvalue weighted by molar-refractivity contribution is 0.627. The van der Waals surface area contributed by atoms with Crippen molar-refractivity contribution < 1.29 is 4.39 Å². The van der Waals surface area contributed by atoms with Gasteiger partial charge in [0.05, 0.1) is 5.52 Å². The zero-order chi connectivity index (χ0) is 14.7. The molecule has 0 fully saturated rings. The molecule has 0 saturated carbocycles. The molecule has 0 aliphatic heterocycles. The van der Waals surface area contributed by atoms with E-state index in [0.29, 0.717) is 6.54 Å². The van der Waals surface area contributed by atoms with Crippen LogP contribution in [0.4, 0.5) is 16.2 Å². The van der Waals surface area contributed by atoms with Crippen LogP contribution in [0.3, 0.4) is 0 Å². The van der Waals surface area contributed by atoms with E-state index in [-0.39, 0.29) is 11.8 Å². The highest BCUT2D eigenvalue weighted by molar-refractivity contribution is 5.89. The molecule has 0 aliphatic rings. The van der Waals surface area contributed by atoms with Crippen LogP contribution in [0.2, 0.25) is 0 Å². The minimum atomic E-state index is -0.221. The summed E-state index contributed by atoms with van der Waals surface area (Å²) in [7, 11) is 0. The number of halogens is 1. The van der Waals surface area contributed by atoms with Crippen molar-refractivity contribution in [3.8, 4) is 0 Å². The Hall–Kier alpha value is -2.69. The summed E-state index contributed by atoms with van der Waals surface area (Å²) in [5, 5.41) is 4.20. The highest BCUT2D eigenvalue weighted by Gasteiger charge is 2.05. The van der Waals surface area contributed by atoms with Crippen LogP contribution in [0, 0.1) is 5.82 Å². The topological polar surface area (TPSA) is 63.8 Å². The molecule has 0 amide bonds. The second kappa shape index (κ2) is 5.75. The molecule has 2 aromatic carbocycles. The van der Waals surface area contributed by atoms with Gasteiger partial charge in [0.2, 0.25) is 5.95 Å². The van der Waals surface area contributed by atoms with E-state index in [9.17, 15) is 4.39 Å². The maximum absolute atomic E-state index is 12.8. The number of fused-ring (bicyclic) bond motifs is 1. The fourth-order valence-corrected chi connectivity index (χ4v) is 2.21. The lowest BCUT2D eigenvalue weighted by atomic mass is 10.1. The predicted molar refractivity (Wildman–Crippen MR) is 82.5 cm³/mol. The summed E-state index contributed by atoms with van der Waals surface area (Å²) in [5.74, 6) is 0.750. The summed E-state index contributed by atoms with van der Waals surface area (Å²) in [5.41, 5.74) is 7.60. The molecule has 0 aliphatic carbocycles. The molecule has 3 N–H and O–H groups in total. The number of para-hydroxylation sites is 1. The first kappa shape index (κ1) is 13.3. The Kier molecular flexibility index (Phi) is 3.64. The van der Waals surface area contributed by atoms with Crippen molar-refractivity contribution in [1.29, 1.82) is 0 Å². The first-order valence-electron chi connectivity index (χ1n) is 6.73. The number of hydrogen-bond acceptors (Lipinski definition) is 4. The molecule has 0 saturated heterocycles. The second-order valence-electron chi connectivity index (χ2n) is 4.75. The number of benzene rings is 2. The van der Waals surface area contributed by atoms with Gasteiger partial charge in [-0.3, -0.25) is 0 Å². The Morgan fingerprint density at radius 2 is 1.76 bits per heavy atom. The number of nitrogens with one attached hydrogen (secondary N) is 1. The Balaban J connectivity index is 1.74. The Morgan fingerprint density at radius 3 is 2.57 bits per heavy atom. The Morgan fingerprint density at radius 1 is 1.00 bits per heavy atom. The number of anilines is 2. The van der Waals surface area contributed by atoms with Gasteiger partial charge in [-0.15, -0.1) is 0 Å². The summed E-state index contributed by atoms with van der Waals surface area (Å²) in [6.07, 6.45) is 0.776. The molecule has 3 rings (SSSR count). The summed E-state index contributed by atoms with van der Waals surface area (Å²) >= 11 is 0. The standard InChI is InChI=1S/C16H15FN4/c17-12-7-5-11(6-8-12)9-10-19-15-13-3-1-2-4-14(13)20-16(18)21-15/h1-8H,9-10H2,(H3,18,19,20,21). The number of rotatable bonds is 4. The van der Waals surface area contributed by atoms with Crippen LogP contribution in [0.25, 0.3) is 10.9 Å². The molecule has 3 aromatic rings. The number of nitrogen functional groups attached to an aromatic ring is 1. The quantitative estimate of drug-likeness (QED) is 0.772. The number of aromatic nitrogens is 2. The molecule has 0 spiro atoms. The zero-order valence-corrected chi connectivity index (χ0v) is 11.4. The fraction of sp³-hybridized carbons (Fsp3) is 0.125. The van der Waals surface area contributed by atoms with Crippen molar-refractivity contribution in [2.24, 2.45) is 0 Å². The fourth-order valence-electron chi connectivity index (χ4n) is 2.21. The first-order chi connectivity index (χ1) is 10.2. The molecule has 21 heavy (non-hydrogen) atoms. The summed E-state index contributed by atoms with van der Waals surface area (Å²) in [6.45, 7) is 0.687. The van der Waals surface area contributed by atoms with Crippen molar-refractivity contribution >= 4 is 22.7 Å². The molecule has 1 heterocycles. The van der Waals surface area contributed by atoms with Gasteiger partial charge in [0.15, 0.2) is 0 Å². The van der Waals surface area contributed by atoms with Crippen molar-refractivity contribution in [1.82, 2.24) is 9.97 Å². The molecule has 0 unspecified atom stereocenters. The first-order valence-corrected chi connectivity index (χ1v) is 6.73. The minimum Gasteiger partial charge on any atom is -0.369 e. The van der Waals surface area contributed by atoms with Crippen LogP contribution in [0.15, 0.2) is 48.5 Å². The van der Waals surface area contributed by atoms with Gasteiger partial charge < -0.3 is 11.1 Å². The van der Waals surface area contributed by atoms with Gasteiger partial charge in [-0.25, -0.2) is 9.37 Å². The molecule has 106 valence electrons. The van der Waals surface area contributed by atoms with Crippen molar-refractivity contribution in [2.45, 2.75) is 6.42 Å². The van der Waals surface area contributed by atoms with E-state index in [1.807, 2.05) is 24.3 Å². The van der Waals surface area contributed by atoms with Crippen LogP contribution in [0.1, 0.15) is 5.56 Å². The van der Waals surface area contributed by atoms with E-state index in [1.165, 1.54) is 12.1 Å². The van der Waals surface area contributed by atoms with Crippen LogP contribution in [0.5, 0.6) is 0 Å². The summed E-state index contributed by atoms with van der Waals surface area (Å²) in [6, 6.07) is 14.2. The van der Waals surface area contributed by atoms with E-state index in [4.69, 9.17) is 5.73 Å². The highest BCUT2D eigenvalue weighted by atomic mass is 19.1. The molecular formula is C16H15FN4. The number of hydrogen-bond donors (Lipinski definition) is 2. The van der Waals surface area contributed by atoms with Crippen LogP contribution in [-0.4, -0.2) is 16.5 Å². The molecule has 4 nitrogen and oxygen atoms in total. The normalized spacial score (nSPS) is 10.7. The number of nitrogens with two attached hydrogens (primary N) is 1. The highest BCUT2D eigenvalue weighted by Crippen LogP contribution is 2.20. The van der Waals surface area contributed by atoms with Gasteiger partial charge in [-0.2, -0.15) is 4.98 Å². The van der Waals surface area contributed by atoms with Crippen LogP contribution < -0.4 is 11.1 Å². The van der Waals surface area contributed by atoms with Gasteiger partial charge >= 0.3 is 0 Å². The van der Waals surface area contributed by atoms with E-state index < -0.39 is 0 Å². The van der Waals surface area contributed by atoms with Crippen molar-refractivity contribution in [3.05, 3.63) is 59.9 Å². The van der Waals surface area contributed by atoms with E-state index in [0.717, 1.165) is 28.7 Å². The van der Waals surface area contributed by atoms with Crippen LogP contribution in [-0.2, 0) is 6.42 Å². The predicted octanol–water partition coefficient (Wildman–Crippen LogP) is 3.01. The average Bonchev–Trinajstić information content (AvgIpc) is 2.49. The SMILES string of the molecule is Nc1nc(NCCc2ccc(F)cc2)c2ccccc2n1. The molecule has 0 radical (unpaired) electrons. The summed E-state index contributed by atoms with van der Waals surface area (Å²) < 4.78 is 12.8. The zero-order valence-electron chi connectivity index (χ0n) is 11.4. The van der Waals surface area contributed by atoms with E-state index in [1.54, 1.807) is 12.1 Å². The molecule has 0 bridgehead atoms. The molecule has 5 heteroatoms.